The first-order chi connectivity index (χ1) is 9.53. The average Bonchev–Trinajstić information content (AvgIpc) is 2.45. The van der Waals surface area contributed by atoms with E-state index in [2.05, 4.69) is 0 Å². The van der Waals surface area contributed by atoms with Crippen molar-refractivity contribution in [2.75, 3.05) is 13.1 Å². The van der Waals surface area contributed by atoms with Crippen LogP contribution >= 0.6 is 0 Å². The molecule has 0 aliphatic heterocycles. The number of hydrogen-bond acceptors (Lipinski definition) is 3. The summed E-state index contributed by atoms with van der Waals surface area (Å²) in [4.78, 5) is 25.2. The number of aromatic carboxylic acids is 1. The second kappa shape index (κ2) is 7.65. The fraction of sp³-hybridized carbons (Fsp3) is 0.467. The number of benzene rings is 1. The molecule has 0 bridgehead atoms. The van der Waals surface area contributed by atoms with Crippen LogP contribution < -0.4 is 0 Å². The van der Waals surface area contributed by atoms with Crippen LogP contribution in [0.4, 0.5) is 0 Å². The van der Waals surface area contributed by atoms with E-state index in [1.165, 1.54) is 12.1 Å². The first-order valence-corrected chi connectivity index (χ1v) is 6.80. The van der Waals surface area contributed by atoms with Crippen LogP contribution in [-0.4, -0.2) is 40.1 Å². The summed E-state index contributed by atoms with van der Waals surface area (Å²) in [5, 5.41) is 18.2. The van der Waals surface area contributed by atoms with Crippen molar-refractivity contribution in [3.8, 4) is 0 Å². The van der Waals surface area contributed by atoms with Gasteiger partial charge in [0.05, 0.1) is 12.2 Å². The number of carbonyl (C=O) groups is 2. The van der Waals surface area contributed by atoms with E-state index in [0.29, 0.717) is 24.2 Å². The third kappa shape index (κ3) is 4.06. The van der Waals surface area contributed by atoms with Crippen molar-refractivity contribution in [3.63, 3.8) is 0 Å². The molecule has 0 unspecified atom stereocenters. The molecule has 1 rings (SSSR count). The van der Waals surface area contributed by atoms with E-state index < -0.39 is 5.97 Å². The Balaban J connectivity index is 3.12. The lowest BCUT2D eigenvalue weighted by Crippen LogP contribution is -2.32. The fourth-order valence-corrected chi connectivity index (χ4v) is 2.07. The number of aliphatic hydroxyl groups is 1. The van der Waals surface area contributed by atoms with E-state index in [-0.39, 0.29) is 18.1 Å². The van der Waals surface area contributed by atoms with Crippen molar-refractivity contribution in [2.45, 2.75) is 33.3 Å². The highest BCUT2D eigenvalue weighted by molar-refractivity contribution is 5.97. The molecular formula is C15H21NO4. The summed E-state index contributed by atoms with van der Waals surface area (Å²) in [5.74, 6) is -1.29. The Morgan fingerprint density at radius 3 is 2.05 bits per heavy atom. The Morgan fingerprint density at radius 2 is 1.60 bits per heavy atom. The zero-order chi connectivity index (χ0) is 15.1. The second-order valence-electron chi connectivity index (χ2n) is 4.67. The monoisotopic (exact) mass is 279 g/mol. The third-order valence-corrected chi connectivity index (χ3v) is 2.94. The minimum absolute atomic E-state index is 0.0212. The van der Waals surface area contributed by atoms with Crippen molar-refractivity contribution < 1.29 is 19.8 Å². The lowest BCUT2D eigenvalue weighted by Gasteiger charge is -2.22. The summed E-state index contributed by atoms with van der Waals surface area (Å²) in [7, 11) is 0. The quantitative estimate of drug-likeness (QED) is 0.801. The normalized spacial score (nSPS) is 10.3. The largest absolute Gasteiger partial charge is 0.478 e. The zero-order valence-corrected chi connectivity index (χ0v) is 11.9. The lowest BCUT2D eigenvalue weighted by molar-refractivity contribution is 0.0696. The van der Waals surface area contributed by atoms with E-state index in [1.54, 1.807) is 11.0 Å². The Morgan fingerprint density at radius 1 is 1.05 bits per heavy atom. The maximum absolute atomic E-state index is 12.4. The van der Waals surface area contributed by atoms with E-state index >= 15 is 0 Å². The number of aliphatic hydroxyl groups excluding tert-OH is 1. The Labute approximate surface area is 118 Å². The molecule has 1 amide bonds. The Bertz CT molecular complexity index is 479. The SMILES string of the molecule is CCCN(CCC)C(=O)c1cc(CO)cc(C(=O)O)c1. The first-order valence-electron chi connectivity index (χ1n) is 6.80. The van der Waals surface area contributed by atoms with Crippen LogP contribution in [0.5, 0.6) is 0 Å². The van der Waals surface area contributed by atoms with E-state index in [9.17, 15) is 14.7 Å². The summed E-state index contributed by atoms with van der Waals surface area (Å²) in [6.45, 7) is 4.96. The van der Waals surface area contributed by atoms with Gasteiger partial charge >= 0.3 is 5.97 Å². The molecule has 0 aliphatic rings. The van der Waals surface area contributed by atoms with Gasteiger partial charge in [-0.1, -0.05) is 13.8 Å². The molecule has 1 aromatic rings. The highest BCUT2D eigenvalue weighted by atomic mass is 16.4. The molecule has 0 atom stereocenters. The van der Waals surface area contributed by atoms with Gasteiger partial charge in [-0.2, -0.15) is 0 Å². The standard InChI is InChI=1S/C15H21NO4/c1-3-5-16(6-4-2)14(18)12-7-11(10-17)8-13(9-12)15(19)20/h7-9,17H,3-6,10H2,1-2H3,(H,19,20). The highest BCUT2D eigenvalue weighted by Crippen LogP contribution is 2.14. The molecule has 1 aromatic carbocycles. The molecule has 0 fully saturated rings. The van der Waals surface area contributed by atoms with Crippen molar-refractivity contribution in [1.82, 2.24) is 4.90 Å². The van der Waals surface area contributed by atoms with Gasteiger partial charge in [0.2, 0.25) is 0 Å². The van der Waals surface area contributed by atoms with E-state index in [4.69, 9.17) is 5.11 Å². The van der Waals surface area contributed by atoms with Crippen molar-refractivity contribution in [2.24, 2.45) is 0 Å². The number of carboxylic acid groups (broad SMARTS) is 1. The van der Waals surface area contributed by atoms with Gasteiger partial charge in [0.15, 0.2) is 0 Å². The lowest BCUT2D eigenvalue weighted by atomic mass is 10.0. The van der Waals surface area contributed by atoms with Crippen LogP contribution in [0.2, 0.25) is 0 Å². The molecule has 20 heavy (non-hydrogen) atoms. The highest BCUT2D eigenvalue weighted by Gasteiger charge is 2.17. The van der Waals surface area contributed by atoms with Gasteiger partial charge in [-0.15, -0.1) is 0 Å². The second-order valence-corrected chi connectivity index (χ2v) is 4.67. The van der Waals surface area contributed by atoms with Crippen molar-refractivity contribution >= 4 is 11.9 Å². The molecule has 0 saturated heterocycles. The summed E-state index contributed by atoms with van der Waals surface area (Å²) in [6.07, 6.45) is 1.69. The number of hydrogen-bond donors (Lipinski definition) is 2. The summed E-state index contributed by atoms with van der Waals surface area (Å²) in [5.41, 5.74) is 0.768. The van der Waals surface area contributed by atoms with Crippen LogP contribution in [0.1, 0.15) is 53.0 Å². The summed E-state index contributed by atoms with van der Waals surface area (Å²) < 4.78 is 0. The number of amides is 1. The Kier molecular flexibility index (Phi) is 6.18. The van der Waals surface area contributed by atoms with Gasteiger partial charge < -0.3 is 15.1 Å². The number of rotatable bonds is 7. The van der Waals surface area contributed by atoms with Crippen LogP contribution in [-0.2, 0) is 6.61 Å². The maximum Gasteiger partial charge on any atom is 0.335 e. The smallest absolute Gasteiger partial charge is 0.335 e. The molecule has 5 heteroatoms. The van der Waals surface area contributed by atoms with Gasteiger partial charge in [0, 0.05) is 18.7 Å². The molecule has 0 saturated carbocycles. The molecule has 0 radical (unpaired) electrons. The summed E-state index contributed by atoms with van der Waals surface area (Å²) in [6, 6.07) is 4.29. The predicted molar refractivity (Wildman–Crippen MR) is 75.8 cm³/mol. The molecular weight excluding hydrogens is 258 g/mol. The molecule has 110 valence electrons. The van der Waals surface area contributed by atoms with Gasteiger partial charge in [-0.25, -0.2) is 4.79 Å². The molecule has 0 aromatic heterocycles. The first kappa shape index (κ1) is 16.2. The van der Waals surface area contributed by atoms with Crippen molar-refractivity contribution in [3.05, 3.63) is 34.9 Å². The molecule has 0 aliphatic carbocycles. The topological polar surface area (TPSA) is 77.8 Å². The maximum atomic E-state index is 12.4. The van der Waals surface area contributed by atoms with Gasteiger partial charge in [0.25, 0.3) is 5.91 Å². The Hall–Kier alpha value is -1.88. The van der Waals surface area contributed by atoms with E-state index in [1.807, 2.05) is 13.8 Å². The van der Waals surface area contributed by atoms with Crippen LogP contribution in [0, 0.1) is 0 Å². The molecule has 0 spiro atoms. The minimum atomic E-state index is -1.10. The van der Waals surface area contributed by atoms with Gasteiger partial charge in [-0.05, 0) is 36.6 Å². The van der Waals surface area contributed by atoms with Gasteiger partial charge in [0.1, 0.15) is 0 Å². The minimum Gasteiger partial charge on any atom is -0.478 e. The van der Waals surface area contributed by atoms with Crippen LogP contribution in [0.3, 0.4) is 0 Å². The predicted octanol–water partition coefficient (Wildman–Crippen LogP) is 2.14. The average molecular weight is 279 g/mol. The number of carbonyl (C=O) groups excluding carboxylic acids is 1. The number of nitrogens with zero attached hydrogens (tertiary/aromatic N) is 1. The van der Waals surface area contributed by atoms with Crippen molar-refractivity contribution in [1.29, 1.82) is 0 Å². The molecule has 0 heterocycles. The van der Waals surface area contributed by atoms with Crippen LogP contribution in [0.15, 0.2) is 18.2 Å². The molecule has 2 N–H and O–H groups in total. The van der Waals surface area contributed by atoms with Gasteiger partial charge in [-0.3, -0.25) is 4.79 Å². The van der Waals surface area contributed by atoms with Crippen LogP contribution in [0.25, 0.3) is 0 Å². The third-order valence-electron chi connectivity index (χ3n) is 2.94. The van der Waals surface area contributed by atoms with E-state index in [0.717, 1.165) is 12.8 Å². The summed E-state index contributed by atoms with van der Waals surface area (Å²) >= 11 is 0. The zero-order valence-electron chi connectivity index (χ0n) is 11.9. The molecule has 5 nitrogen and oxygen atoms in total. The number of carboxylic acids is 1. The fourth-order valence-electron chi connectivity index (χ4n) is 2.07.